The Morgan fingerprint density at radius 3 is 2.38 bits per heavy atom. The Labute approximate surface area is 102 Å². The molecule has 16 heavy (non-hydrogen) atoms. The van der Waals surface area contributed by atoms with Crippen LogP contribution in [-0.4, -0.2) is 36.9 Å². The third-order valence-corrected chi connectivity index (χ3v) is 3.17. The summed E-state index contributed by atoms with van der Waals surface area (Å²) in [7, 11) is -4.01. The lowest BCUT2D eigenvalue weighted by atomic mass is 9.98. The van der Waals surface area contributed by atoms with E-state index in [1.807, 2.05) is 13.8 Å². The van der Waals surface area contributed by atoms with Crippen LogP contribution in [0.15, 0.2) is 0 Å². The summed E-state index contributed by atoms with van der Waals surface area (Å²) in [4.78, 5) is 11.6. The summed E-state index contributed by atoms with van der Waals surface area (Å²) in [6.07, 6.45) is 0.710. The summed E-state index contributed by atoms with van der Waals surface area (Å²) in [5.41, 5.74) is 0. The molecule has 0 bridgehead atoms. The van der Waals surface area contributed by atoms with E-state index in [9.17, 15) is 13.2 Å². The zero-order valence-corrected chi connectivity index (χ0v) is 11.2. The smallest absolute Gasteiger partial charge is 0.266 e. The van der Waals surface area contributed by atoms with Crippen LogP contribution in [0.4, 0.5) is 0 Å². The van der Waals surface area contributed by atoms with Gasteiger partial charge in [-0.05, 0) is 12.3 Å². The van der Waals surface area contributed by atoms with Crippen molar-refractivity contribution in [3.05, 3.63) is 0 Å². The van der Waals surface area contributed by atoms with Gasteiger partial charge in [-0.25, -0.2) is 0 Å². The van der Waals surface area contributed by atoms with Crippen LogP contribution in [0.3, 0.4) is 0 Å². The summed E-state index contributed by atoms with van der Waals surface area (Å²) in [5.74, 6) is -0.0863. The number of hydrogen-bond donors (Lipinski definition) is 3. The molecule has 0 heterocycles. The molecule has 0 saturated heterocycles. The summed E-state index contributed by atoms with van der Waals surface area (Å²) in [5, 5.41) is 2.47. The Kier molecular flexibility index (Phi) is 7.01. The molecule has 2 N–H and O–H groups in total. The number of thiol groups is 1. The lowest BCUT2D eigenvalue weighted by Gasteiger charge is -2.16. The monoisotopic (exact) mass is 269 g/mol. The summed E-state index contributed by atoms with van der Waals surface area (Å²) in [6, 6.07) is 0. The summed E-state index contributed by atoms with van der Waals surface area (Å²) in [6.45, 7) is 3.93. The van der Waals surface area contributed by atoms with Gasteiger partial charge in [-0.1, -0.05) is 13.8 Å². The number of carbonyl (C=O) groups excluding carboxylic acids is 1. The first-order valence-corrected chi connectivity index (χ1v) is 7.34. The SMILES string of the molecule is CC(C)CC(CS)C(=O)NCCS(=O)(=O)O. The van der Waals surface area contributed by atoms with E-state index in [1.54, 1.807) is 0 Å². The molecule has 1 amide bonds. The quantitative estimate of drug-likeness (QED) is 0.466. The topological polar surface area (TPSA) is 83.5 Å². The van der Waals surface area contributed by atoms with Crippen LogP contribution < -0.4 is 5.32 Å². The van der Waals surface area contributed by atoms with Crippen molar-refractivity contribution in [1.29, 1.82) is 0 Å². The second-order valence-corrected chi connectivity index (χ2v) is 6.02. The molecule has 1 atom stereocenters. The zero-order valence-electron chi connectivity index (χ0n) is 9.51. The van der Waals surface area contributed by atoms with Crippen molar-refractivity contribution in [2.24, 2.45) is 11.8 Å². The normalized spacial score (nSPS) is 13.8. The van der Waals surface area contributed by atoms with Crippen LogP contribution >= 0.6 is 12.6 Å². The second-order valence-electron chi connectivity index (χ2n) is 4.09. The molecule has 0 rings (SSSR count). The highest BCUT2D eigenvalue weighted by molar-refractivity contribution is 7.85. The van der Waals surface area contributed by atoms with Gasteiger partial charge in [0.15, 0.2) is 0 Å². The molecule has 7 heteroatoms. The molecule has 1 unspecified atom stereocenters. The molecule has 0 spiro atoms. The molecule has 0 fully saturated rings. The van der Waals surface area contributed by atoms with E-state index in [1.165, 1.54) is 0 Å². The molecular formula is C9H19NO4S2. The molecule has 0 saturated carbocycles. The summed E-state index contributed by atoms with van der Waals surface area (Å²) >= 11 is 4.08. The van der Waals surface area contributed by atoms with Crippen molar-refractivity contribution in [3.63, 3.8) is 0 Å². The van der Waals surface area contributed by atoms with Crippen molar-refractivity contribution in [2.75, 3.05) is 18.1 Å². The number of amides is 1. The van der Waals surface area contributed by atoms with Crippen LogP contribution in [0.2, 0.25) is 0 Å². The van der Waals surface area contributed by atoms with E-state index in [2.05, 4.69) is 17.9 Å². The summed E-state index contributed by atoms with van der Waals surface area (Å²) < 4.78 is 29.3. The van der Waals surface area contributed by atoms with Gasteiger partial charge in [-0.3, -0.25) is 9.35 Å². The highest BCUT2D eigenvalue weighted by atomic mass is 32.2. The van der Waals surface area contributed by atoms with Crippen molar-refractivity contribution in [3.8, 4) is 0 Å². The molecule has 0 aliphatic rings. The van der Waals surface area contributed by atoms with Gasteiger partial charge >= 0.3 is 0 Å². The molecule has 0 aromatic heterocycles. The highest BCUT2D eigenvalue weighted by Gasteiger charge is 2.18. The number of nitrogens with one attached hydrogen (secondary N) is 1. The minimum atomic E-state index is -4.01. The average molecular weight is 269 g/mol. The minimum absolute atomic E-state index is 0.0694. The van der Waals surface area contributed by atoms with Gasteiger partial charge in [0.25, 0.3) is 10.1 Å². The maximum absolute atomic E-state index is 11.6. The first-order valence-electron chi connectivity index (χ1n) is 5.10. The van der Waals surface area contributed by atoms with Gasteiger partial charge in [-0.15, -0.1) is 0 Å². The maximum atomic E-state index is 11.6. The Hall–Kier alpha value is -0.270. The van der Waals surface area contributed by atoms with Gasteiger partial charge in [0.05, 0.1) is 5.75 Å². The van der Waals surface area contributed by atoms with E-state index < -0.39 is 15.9 Å². The Bertz CT molecular complexity index is 313. The molecular weight excluding hydrogens is 250 g/mol. The molecule has 5 nitrogen and oxygen atoms in total. The third-order valence-electron chi connectivity index (χ3n) is 2.01. The van der Waals surface area contributed by atoms with Gasteiger partial charge < -0.3 is 5.32 Å². The first kappa shape index (κ1) is 15.7. The van der Waals surface area contributed by atoms with E-state index in [0.29, 0.717) is 18.1 Å². The average Bonchev–Trinajstić information content (AvgIpc) is 2.11. The van der Waals surface area contributed by atoms with Crippen LogP contribution in [-0.2, 0) is 14.9 Å². The van der Waals surface area contributed by atoms with Gasteiger partial charge in [-0.2, -0.15) is 21.0 Å². The number of hydrogen-bond acceptors (Lipinski definition) is 4. The lowest BCUT2D eigenvalue weighted by Crippen LogP contribution is -2.35. The van der Waals surface area contributed by atoms with E-state index >= 15 is 0 Å². The zero-order chi connectivity index (χ0) is 12.8. The van der Waals surface area contributed by atoms with Crippen molar-refractivity contribution >= 4 is 28.7 Å². The van der Waals surface area contributed by atoms with Crippen molar-refractivity contribution < 1.29 is 17.8 Å². The first-order chi connectivity index (χ1) is 7.26. The van der Waals surface area contributed by atoms with E-state index in [-0.39, 0.29) is 18.4 Å². The van der Waals surface area contributed by atoms with Gasteiger partial charge in [0.2, 0.25) is 5.91 Å². The molecule has 0 aliphatic carbocycles. The molecule has 0 aliphatic heterocycles. The standard InChI is InChI=1S/C9H19NO4S2/c1-7(2)5-8(6-15)9(11)10-3-4-16(12,13)14/h7-8,15H,3-6H2,1-2H3,(H,10,11)(H,12,13,14). The number of rotatable bonds is 7. The Balaban J connectivity index is 4.03. The lowest BCUT2D eigenvalue weighted by molar-refractivity contribution is -0.124. The molecule has 0 aromatic carbocycles. The molecule has 96 valence electrons. The van der Waals surface area contributed by atoms with E-state index in [0.717, 1.165) is 0 Å². The van der Waals surface area contributed by atoms with Crippen LogP contribution in [0, 0.1) is 11.8 Å². The highest BCUT2D eigenvalue weighted by Crippen LogP contribution is 2.13. The fraction of sp³-hybridized carbons (Fsp3) is 0.889. The molecule has 0 aromatic rings. The van der Waals surface area contributed by atoms with Crippen LogP contribution in [0.1, 0.15) is 20.3 Å². The maximum Gasteiger partial charge on any atom is 0.266 e. The largest absolute Gasteiger partial charge is 0.355 e. The Morgan fingerprint density at radius 1 is 1.44 bits per heavy atom. The van der Waals surface area contributed by atoms with Crippen molar-refractivity contribution in [1.82, 2.24) is 5.32 Å². The third kappa shape index (κ3) is 7.95. The predicted molar refractivity (Wildman–Crippen MR) is 66.2 cm³/mol. The van der Waals surface area contributed by atoms with Crippen LogP contribution in [0.25, 0.3) is 0 Å². The Morgan fingerprint density at radius 2 is 2.00 bits per heavy atom. The van der Waals surface area contributed by atoms with Gasteiger partial charge in [0.1, 0.15) is 0 Å². The van der Waals surface area contributed by atoms with Crippen LogP contribution in [0.5, 0.6) is 0 Å². The number of carbonyl (C=O) groups is 1. The second kappa shape index (κ2) is 7.13. The fourth-order valence-electron chi connectivity index (χ4n) is 1.28. The predicted octanol–water partition coefficient (Wildman–Crippen LogP) is 0.583. The molecule has 0 radical (unpaired) electrons. The van der Waals surface area contributed by atoms with Crippen molar-refractivity contribution in [2.45, 2.75) is 20.3 Å². The van der Waals surface area contributed by atoms with E-state index in [4.69, 9.17) is 4.55 Å². The fourth-order valence-corrected chi connectivity index (χ4v) is 1.96. The van der Waals surface area contributed by atoms with Gasteiger partial charge in [0, 0.05) is 18.2 Å². The minimum Gasteiger partial charge on any atom is -0.355 e.